The summed E-state index contributed by atoms with van der Waals surface area (Å²) in [6, 6.07) is 11.7. The Balaban J connectivity index is 1.49. The van der Waals surface area contributed by atoms with Crippen molar-refractivity contribution in [2.75, 3.05) is 36.5 Å². The van der Waals surface area contributed by atoms with Crippen LogP contribution in [0.25, 0.3) is 0 Å². The molecule has 14 heteroatoms. The van der Waals surface area contributed by atoms with E-state index >= 15 is 0 Å². The molecule has 5 rings (SSSR count). The molecule has 0 saturated carbocycles. The van der Waals surface area contributed by atoms with E-state index in [9.17, 15) is 37.1 Å². The summed E-state index contributed by atoms with van der Waals surface area (Å²) >= 11 is 0. The highest BCUT2D eigenvalue weighted by atomic mass is 19.4. The number of hydrogen-bond acceptors (Lipinski definition) is 8. The second-order valence-corrected chi connectivity index (χ2v) is 11.3. The molecule has 3 heterocycles. The highest BCUT2D eigenvalue weighted by Gasteiger charge is 2.36. The van der Waals surface area contributed by atoms with Crippen LogP contribution in [0.5, 0.6) is 0 Å². The molecule has 2 amide bonds. The van der Waals surface area contributed by atoms with Crippen molar-refractivity contribution in [2.24, 2.45) is 5.92 Å². The third-order valence-electron chi connectivity index (χ3n) is 8.10. The number of alkyl halides is 3. The minimum absolute atomic E-state index is 0.0127. The largest absolute Gasteiger partial charge is 0.464 e. The number of rotatable bonds is 9. The van der Waals surface area contributed by atoms with Gasteiger partial charge in [-0.2, -0.15) is 13.2 Å². The van der Waals surface area contributed by atoms with E-state index in [1.165, 1.54) is 38.1 Å². The van der Waals surface area contributed by atoms with Crippen LogP contribution in [0.3, 0.4) is 0 Å². The summed E-state index contributed by atoms with van der Waals surface area (Å²) < 4.78 is 51.8. The van der Waals surface area contributed by atoms with Crippen molar-refractivity contribution < 1.29 is 41.8 Å². The van der Waals surface area contributed by atoms with Crippen LogP contribution >= 0.6 is 0 Å². The molecule has 2 bridgehead atoms. The number of halogens is 3. The summed E-state index contributed by atoms with van der Waals surface area (Å²) in [6.07, 6.45) is -3.83. The number of ether oxygens (including phenoxy) is 2. The number of pyridine rings is 1. The predicted octanol–water partition coefficient (Wildman–Crippen LogP) is 3.97. The molecule has 11 nitrogen and oxygen atoms in total. The highest BCUT2D eigenvalue weighted by molar-refractivity contribution is 6.09. The zero-order chi connectivity index (χ0) is 33.9. The minimum atomic E-state index is -4.67. The Morgan fingerprint density at radius 1 is 0.872 bits per heavy atom. The molecule has 3 aromatic rings. The monoisotopic (exact) mass is 654 g/mol. The molecular formula is C33H33F3N4O7. The van der Waals surface area contributed by atoms with Gasteiger partial charge in [0.15, 0.2) is 0 Å². The Hall–Kier alpha value is -5.14. The van der Waals surface area contributed by atoms with Crippen molar-refractivity contribution in [3.05, 3.63) is 93.4 Å². The van der Waals surface area contributed by atoms with Crippen molar-refractivity contribution >= 4 is 35.1 Å². The summed E-state index contributed by atoms with van der Waals surface area (Å²) in [5.41, 5.74) is 0.104. The van der Waals surface area contributed by atoms with Crippen LogP contribution in [0.4, 0.5) is 24.5 Å². The van der Waals surface area contributed by atoms with Gasteiger partial charge >= 0.3 is 18.1 Å². The van der Waals surface area contributed by atoms with E-state index in [0.29, 0.717) is 25.3 Å². The van der Waals surface area contributed by atoms with E-state index in [1.807, 2.05) is 11.0 Å². The van der Waals surface area contributed by atoms with E-state index < -0.39 is 41.5 Å². The summed E-state index contributed by atoms with van der Waals surface area (Å²) in [5, 5.41) is 4.98. The lowest BCUT2D eigenvalue weighted by Gasteiger charge is -2.44. The summed E-state index contributed by atoms with van der Waals surface area (Å²) in [5.74, 6) is -3.67. The van der Waals surface area contributed by atoms with E-state index in [4.69, 9.17) is 9.47 Å². The lowest BCUT2D eigenvalue weighted by Crippen LogP contribution is -2.48. The summed E-state index contributed by atoms with van der Waals surface area (Å²) in [7, 11) is 0. The molecule has 2 aliphatic rings. The van der Waals surface area contributed by atoms with Gasteiger partial charge in [-0.3, -0.25) is 14.4 Å². The van der Waals surface area contributed by atoms with Crippen molar-refractivity contribution in [3.8, 4) is 0 Å². The molecule has 47 heavy (non-hydrogen) atoms. The van der Waals surface area contributed by atoms with Gasteiger partial charge in [-0.25, -0.2) is 9.59 Å². The van der Waals surface area contributed by atoms with Crippen molar-refractivity contribution in [1.29, 1.82) is 0 Å². The predicted molar refractivity (Wildman–Crippen MR) is 164 cm³/mol. The fourth-order valence-corrected chi connectivity index (χ4v) is 6.06. The standard InChI is InChI=1S/C33H33F3N4O7/c1-3-46-31(44)28(32(45)47-4-2)38-30(43)21-11-12-26(24(15-21)37-29(42)20-7-5-8-23(14-20)33(34,35)36)39-16-19-13-22(18-39)25-9-6-10-27(41)40(25)17-19/h5-12,14-15,19,22,28H,3-4,13,16-18H2,1-2H3,(H,37,42)(H,38,43). The Labute approximate surface area is 267 Å². The van der Waals surface area contributed by atoms with Crippen molar-refractivity contribution in [2.45, 2.75) is 44.9 Å². The van der Waals surface area contributed by atoms with Gasteiger partial charge in [0, 0.05) is 48.4 Å². The number of nitrogens with zero attached hydrogens (tertiary/aromatic N) is 2. The van der Waals surface area contributed by atoms with E-state index in [1.54, 1.807) is 16.7 Å². The maximum atomic E-state index is 13.4. The number of nitrogens with one attached hydrogen (secondary N) is 2. The van der Waals surface area contributed by atoms with Gasteiger partial charge in [-0.15, -0.1) is 0 Å². The summed E-state index contributed by atoms with van der Waals surface area (Å²) in [6.45, 7) is 4.42. The van der Waals surface area contributed by atoms with Crippen LogP contribution in [0.2, 0.25) is 0 Å². The van der Waals surface area contributed by atoms with Gasteiger partial charge in [-0.1, -0.05) is 12.1 Å². The quantitative estimate of drug-likeness (QED) is 0.262. The number of benzene rings is 2. The summed E-state index contributed by atoms with van der Waals surface area (Å²) in [4.78, 5) is 66.1. The van der Waals surface area contributed by atoms with Crippen LogP contribution in [0.15, 0.2) is 65.5 Å². The SMILES string of the molecule is CCOC(=O)C(NC(=O)c1ccc(N2CC3CC(C2)c2cccc(=O)n2C3)c(NC(=O)c2cccc(C(F)(F)F)c2)c1)C(=O)OCC. The van der Waals surface area contributed by atoms with Crippen LogP contribution in [-0.2, 0) is 31.8 Å². The van der Waals surface area contributed by atoms with E-state index in [0.717, 1.165) is 30.3 Å². The fraction of sp³-hybridized carbons (Fsp3) is 0.364. The first-order chi connectivity index (χ1) is 22.4. The number of aromatic nitrogens is 1. The van der Waals surface area contributed by atoms with Gasteiger partial charge in [0.25, 0.3) is 17.4 Å². The molecule has 2 atom stereocenters. The smallest absolute Gasteiger partial charge is 0.416 e. The molecule has 0 radical (unpaired) electrons. The number of carbonyl (C=O) groups is 4. The maximum Gasteiger partial charge on any atom is 0.416 e. The lowest BCUT2D eigenvalue weighted by atomic mass is 9.83. The Bertz CT molecular complexity index is 1740. The van der Waals surface area contributed by atoms with Crippen LogP contribution in [0.1, 0.15) is 58.2 Å². The molecule has 1 aromatic heterocycles. The number of hydrogen-bond donors (Lipinski definition) is 2. The van der Waals surface area contributed by atoms with Crippen molar-refractivity contribution in [3.63, 3.8) is 0 Å². The first kappa shape index (κ1) is 33.2. The Morgan fingerprint density at radius 2 is 1.55 bits per heavy atom. The first-order valence-corrected chi connectivity index (χ1v) is 15.1. The zero-order valence-electron chi connectivity index (χ0n) is 25.6. The van der Waals surface area contributed by atoms with Crippen LogP contribution < -0.4 is 21.1 Å². The Kier molecular flexibility index (Phi) is 9.68. The molecule has 0 spiro atoms. The number of esters is 2. The molecule has 1 saturated heterocycles. The van der Waals surface area contributed by atoms with E-state index in [2.05, 4.69) is 10.6 Å². The highest BCUT2D eigenvalue weighted by Crippen LogP contribution is 2.39. The minimum Gasteiger partial charge on any atom is -0.464 e. The average molecular weight is 655 g/mol. The van der Waals surface area contributed by atoms with E-state index in [-0.39, 0.29) is 47.4 Å². The zero-order valence-corrected chi connectivity index (χ0v) is 25.6. The second-order valence-electron chi connectivity index (χ2n) is 11.3. The van der Waals surface area contributed by atoms with Gasteiger partial charge in [0.05, 0.1) is 30.2 Å². The number of anilines is 2. The third kappa shape index (κ3) is 7.31. The fourth-order valence-electron chi connectivity index (χ4n) is 6.06. The number of amides is 2. The molecule has 2 aromatic carbocycles. The molecular weight excluding hydrogens is 621 g/mol. The number of carbonyl (C=O) groups excluding carboxylic acids is 4. The molecule has 0 aliphatic carbocycles. The number of fused-ring (bicyclic) bond motifs is 4. The molecule has 2 N–H and O–H groups in total. The molecule has 248 valence electrons. The van der Waals surface area contributed by atoms with Gasteiger partial charge < -0.3 is 29.6 Å². The van der Waals surface area contributed by atoms with Gasteiger partial charge in [0.1, 0.15) is 0 Å². The van der Waals surface area contributed by atoms with Gasteiger partial charge in [0.2, 0.25) is 6.04 Å². The molecule has 1 fully saturated rings. The lowest BCUT2D eigenvalue weighted by molar-refractivity contribution is -0.157. The maximum absolute atomic E-state index is 13.4. The normalized spacial score (nSPS) is 17.0. The number of piperidine rings is 1. The first-order valence-electron chi connectivity index (χ1n) is 15.1. The third-order valence-corrected chi connectivity index (χ3v) is 8.10. The van der Waals surface area contributed by atoms with Crippen LogP contribution in [0, 0.1) is 5.92 Å². The average Bonchev–Trinajstić information content (AvgIpc) is 3.03. The topological polar surface area (TPSA) is 136 Å². The van der Waals surface area contributed by atoms with Crippen molar-refractivity contribution in [1.82, 2.24) is 9.88 Å². The second kappa shape index (κ2) is 13.7. The van der Waals surface area contributed by atoms with Gasteiger partial charge in [-0.05, 0) is 68.7 Å². The molecule has 2 aliphatic heterocycles. The molecule has 2 unspecified atom stereocenters. The Morgan fingerprint density at radius 3 is 2.23 bits per heavy atom. The van der Waals surface area contributed by atoms with Crippen LogP contribution in [-0.4, -0.2) is 60.7 Å².